The SMILES string of the molecule is COc1ccc(C(O)CNC(=O)Nc2ccc(OC)nc2)cc1. The topological polar surface area (TPSA) is 92.7 Å². The number of aliphatic hydroxyl groups excluding tert-OH is 1. The van der Waals surface area contributed by atoms with Crippen LogP contribution in [0, 0.1) is 0 Å². The van der Waals surface area contributed by atoms with Crippen LogP contribution in [-0.4, -0.2) is 36.9 Å². The van der Waals surface area contributed by atoms with Gasteiger partial charge < -0.3 is 25.2 Å². The Kier molecular flexibility index (Phi) is 5.76. The lowest BCUT2D eigenvalue weighted by Crippen LogP contribution is -2.32. The number of aliphatic hydroxyl groups is 1. The summed E-state index contributed by atoms with van der Waals surface area (Å²) in [4.78, 5) is 15.8. The number of nitrogens with one attached hydrogen (secondary N) is 2. The summed E-state index contributed by atoms with van der Waals surface area (Å²) in [5, 5.41) is 15.3. The Morgan fingerprint density at radius 2 is 1.91 bits per heavy atom. The molecule has 0 aliphatic rings. The van der Waals surface area contributed by atoms with E-state index in [4.69, 9.17) is 9.47 Å². The molecule has 0 radical (unpaired) electrons. The van der Waals surface area contributed by atoms with Gasteiger partial charge in [0.25, 0.3) is 0 Å². The summed E-state index contributed by atoms with van der Waals surface area (Å²) in [5.74, 6) is 1.17. The number of ether oxygens (including phenoxy) is 2. The van der Waals surface area contributed by atoms with Crippen LogP contribution in [0.5, 0.6) is 11.6 Å². The van der Waals surface area contributed by atoms with Crippen molar-refractivity contribution in [3.05, 3.63) is 48.2 Å². The number of hydrogen-bond donors (Lipinski definition) is 3. The van der Waals surface area contributed by atoms with Gasteiger partial charge in [0.2, 0.25) is 5.88 Å². The van der Waals surface area contributed by atoms with Crippen molar-refractivity contribution >= 4 is 11.7 Å². The summed E-state index contributed by atoms with van der Waals surface area (Å²) in [6, 6.07) is 9.88. The maximum absolute atomic E-state index is 11.8. The van der Waals surface area contributed by atoms with E-state index in [1.165, 1.54) is 13.3 Å². The smallest absolute Gasteiger partial charge is 0.319 e. The van der Waals surface area contributed by atoms with E-state index in [9.17, 15) is 9.90 Å². The molecule has 2 amide bonds. The molecule has 2 rings (SSSR count). The minimum Gasteiger partial charge on any atom is -0.497 e. The number of amides is 2. The lowest BCUT2D eigenvalue weighted by atomic mass is 10.1. The third-order valence-corrected chi connectivity index (χ3v) is 3.16. The maximum atomic E-state index is 11.8. The van der Waals surface area contributed by atoms with Crippen molar-refractivity contribution in [3.8, 4) is 11.6 Å². The molecule has 23 heavy (non-hydrogen) atoms. The van der Waals surface area contributed by atoms with Crippen LogP contribution in [0.2, 0.25) is 0 Å². The average molecular weight is 317 g/mol. The van der Waals surface area contributed by atoms with Gasteiger partial charge in [-0.25, -0.2) is 9.78 Å². The van der Waals surface area contributed by atoms with E-state index in [1.54, 1.807) is 43.5 Å². The van der Waals surface area contributed by atoms with Crippen LogP contribution in [0.3, 0.4) is 0 Å². The van der Waals surface area contributed by atoms with E-state index in [0.29, 0.717) is 22.9 Å². The number of carbonyl (C=O) groups excluding carboxylic acids is 1. The first-order valence-corrected chi connectivity index (χ1v) is 6.99. The highest BCUT2D eigenvalue weighted by molar-refractivity contribution is 5.89. The number of pyridine rings is 1. The van der Waals surface area contributed by atoms with Gasteiger partial charge in [-0.15, -0.1) is 0 Å². The summed E-state index contributed by atoms with van der Waals surface area (Å²) in [5.41, 5.74) is 1.22. The van der Waals surface area contributed by atoms with Crippen molar-refractivity contribution in [3.63, 3.8) is 0 Å². The lowest BCUT2D eigenvalue weighted by molar-refractivity contribution is 0.175. The second-order valence-electron chi connectivity index (χ2n) is 4.71. The third kappa shape index (κ3) is 4.86. The molecule has 1 unspecified atom stereocenters. The summed E-state index contributed by atoms with van der Waals surface area (Å²) in [6.45, 7) is 0.0851. The molecule has 122 valence electrons. The minimum atomic E-state index is -0.805. The number of hydrogen-bond acceptors (Lipinski definition) is 5. The fraction of sp³-hybridized carbons (Fsp3) is 0.250. The Bertz CT molecular complexity index is 629. The molecule has 0 spiro atoms. The summed E-state index contributed by atoms with van der Waals surface area (Å²) in [7, 11) is 3.09. The van der Waals surface area contributed by atoms with Crippen molar-refractivity contribution < 1.29 is 19.4 Å². The Morgan fingerprint density at radius 3 is 2.48 bits per heavy atom. The van der Waals surface area contributed by atoms with Gasteiger partial charge in [-0.3, -0.25) is 0 Å². The van der Waals surface area contributed by atoms with Crippen molar-refractivity contribution in [2.45, 2.75) is 6.10 Å². The number of methoxy groups -OCH3 is 2. The first-order valence-electron chi connectivity index (χ1n) is 6.99. The predicted octanol–water partition coefficient (Wildman–Crippen LogP) is 1.95. The van der Waals surface area contributed by atoms with E-state index in [1.807, 2.05) is 0 Å². The van der Waals surface area contributed by atoms with Gasteiger partial charge in [0.15, 0.2) is 0 Å². The Balaban J connectivity index is 1.82. The third-order valence-electron chi connectivity index (χ3n) is 3.16. The number of anilines is 1. The predicted molar refractivity (Wildman–Crippen MR) is 85.8 cm³/mol. The van der Waals surface area contributed by atoms with Gasteiger partial charge in [0.1, 0.15) is 5.75 Å². The minimum absolute atomic E-state index is 0.0851. The number of benzene rings is 1. The van der Waals surface area contributed by atoms with E-state index in [-0.39, 0.29) is 6.54 Å². The van der Waals surface area contributed by atoms with Crippen LogP contribution in [-0.2, 0) is 0 Å². The van der Waals surface area contributed by atoms with Gasteiger partial charge >= 0.3 is 6.03 Å². The average Bonchev–Trinajstić information content (AvgIpc) is 2.60. The molecule has 1 heterocycles. The fourth-order valence-corrected chi connectivity index (χ4v) is 1.88. The molecule has 0 fully saturated rings. The standard InChI is InChI=1S/C16H19N3O4/c1-22-13-6-3-11(4-7-13)14(20)10-18-16(21)19-12-5-8-15(23-2)17-9-12/h3-9,14,20H,10H2,1-2H3,(H2,18,19,21). The highest BCUT2D eigenvalue weighted by Gasteiger charge is 2.10. The second kappa shape index (κ2) is 8.00. The second-order valence-corrected chi connectivity index (χ2v) is 4.71. The number of carbonyl (C=O) groups is 1. The zero-order chi connectivity index (χ0) is 16.7. The molecule has 0 saturated carbocycles. The van der Waals surface area contributed by atoms with E-state index < -0.39 is 12.1 Å². The fourth-order valence-electron chi connectivity index (χ4n) is 1.88. The molecule has 0 aliphatic carbocycles. The van der Waals surface area contributed by atoms with Crippen LogP contribution in [0.15, 0.2) is 42.6 Å². The number of nitrogens with zero attached hydrogens (tertiary/aromatic N) is 1. The Morgan fingerprint density at radius 1 is 1.17 bits per heavy atom. The van der Waals surface area contributed by atoms with Gasteiger partial charge in [0, 0.05) is 12.6 Å². The highest BCUT2D eigenvalue weighted by atomic mass is 16.5. The van der Waals surface area contributed by atoms with Gasteiger partial charge in [-0.2, -0.15) is 0 Å². The molecular formula is C16H19N3O4. The molecule has 7 heteroatoms. The zero-order valence-corrected chi connectivity index (χ0v) is 12.9. The summed E-state index contributed by atoms with van der Waals surface area (Å²) in [6.07, 6.45) is 0.679. The summed E-state index contributed by atoms with van der Waals surface area (Å²) < 4.78 is 9.99. The van der Waals surface area contributed by atoms with Gasteiger partial charge in [-0.1, -0.05) is 12.1 Å². The monoisotopic (exact) mass is 317 g/mol. The quantitative estimate of drug-likeness (QED) is 0.757. The number of rotatable bonds is 6. The molecule has 2 aromatic rings. The Labute approximate surface area is 134 Å². The molecular weight excluding hydrogens is 298 g/mol. The molecule has 1 aromatic heterocycles. The first kappa shape index (κ1) is 16.6. The van der Waals surface area contributed by atoms with Crippen molar-refractivity contribution in [2.75, 3.05) is 26.1 Å². The molecule has 0 aliphatic heterocycles. The zero-order valence-electron chi connectivity index (χ0n) is 12.9. The summed E-state index contributed by atoms with van der Waals surface area (Å²) >= 11 is 0. The van der Waals surface area contributed by atoms with E-state index in [0.717, 1.165) is 0 Å². The van der Waals surface area contributed by atoms with Gasteiger partial charge in [-0.05, 0) is 23.8 Å². The molecule has 3 N–H and O–H groups in total. The normalized spacial score (nSPS) is 11.4. The number of aromatic nitrogens is 1. The Hall–Kier alpha value is -2.80. The van der Waals surface area contributed by atoms with Crippen molar-refractivity contribution in [1.82, 2.24) is 10.3 Å². The van der Waals surface area contributed by atoms with E-state index in [2.05, 4.69) is 15.6 Å². The van der Waals surface area contributed by atoms with Gasteiger partial charge in [0.05, 0.1) is 32.2 Å². The lowest BCUT2D eigenvalue weighted by Gasteiger charge is -2.13. The van der Waals surface area contributed by atoms with Crippen molar-refractivity contribution in [2.24, 2.45) is 0 Å². The van der Waals surface area contributed by atoms with Crippen molar-refractivity contribution in [1.29, 1.82) is 0 Å². The molecule has 0 saturated heterocycles. The van der Waals surface area contributed by atoms with Crippen LogP contribution in [0.4, 0.5) is 10.5 Å². The first-order chi connectivity index (χ1) is 11.1. The van der Waals surface area contributed by atoms with E-state index >= 15 is 0 Å². The molecule has 1 aromatic carbocycles. The van der Waals surface area contributed by atoms with Crippen LogP contribution >= 0.6 is 0 Å². The number of urea groups is 1. The van der Waals surface area contributed by atoms with Crippen LogP contribution < -0.4 is 20.1 Å². The van der Waals surface area contributed by atoms with Crippen LogP contribution in [0.25, 0.3) is 0 Å². The maximum Gasteiger partial charge on any atom is 0.319 e. The largest absolute Gasteiger partial charge is 0.497 e. The van der Waals surface area contributed by atoms with Crippen LogP contribution in [0.1, 0.15) is 11.7 Å². The molecule has 7 nitrogen and oxygen atoms in total. The highest BCUT2D eigenvalue weighted by Crippen LogP contribution is 2.17. The molecule has 0 bridgehead atoms. The molecule has 1 atom stereocenters.